The molecule has 1 aliphatic carbocycles. The largest absolute Gasteiger partial charge is 0.354 e. The number of benzene rings is 1. The van der Waals surface area contributed by atoms with Crippen molar-refractivity contribution < 1.29 is 0 Å². The van der Waals surface area contributed by atoms with Gasteiger partial charge in [0.15, 0.2) is 5.96 Å². The molecule has 4 nitrogen and oxygen atoms in total. The van der Waals surface area contributed by atoms with Crippen molar-refractivity contribution in [2.45, 2.75) is 52.1 Å². The van der Waals surface area contributed by atoms with Crippen LogP contribution in [-0.2, 0) is 6.54 Å². The van der Waals surface area contributed by atoms with Crippen molar-refractivity contribution in [3.63, 3.8) is 0 Å². The van der Waals surface area contributed by atoms with Gasteiger partial charge in [0, 0.05) is 19.6 Å². The predicted octanol–water partition coefficient (Wildman–Crippen LogP) is 3.19. The zero-order valence-corrected chi connectivity index (χ0v) is 13.8. The number of nitriles is 1. The SMILES string of the molecule is CN=C(NCc1cccc(C#N)c1)NC1CCC(C)(C)CC1. The molecular weight excluding hydrogens is 272 g/mol. The van der Waals surface area contributed by atoms with Gasteiger partial charge in [-0.2, -0.15) is 5.26 Å². The fourth-order valence-corrected chi connectivity index (χ4v) is 2.87. The summed E-state index contributed by atoms with van der Waals surface area (Å²) in [4.78, 5) is 4.31. The lowest BCUT2D eigenvalue weighted by atomic mass is 9.75. The Bertz CT molecular complexity index is 559. The highest BCUT2D eigenvalue weighted by molar-refractivity contribution is 5.79. The highest BCUT2D eigenvalue weighted by atomic mass is 15.2. The lowest BCUT2D eigenvalue weighted by molar-refractivity contribution is 0.216. The Morgan fingerprint density at radius 1 is 1.36 bits per heavy atom. The quantitative estimate of drug-likeness (QED) is 0.665. The summed E-state index contributed by atoms with van der Waals surface area (Å²) in [5.41, 5.74) is 2.26. The van der Waals surface area contributed by atoms with Crippen LogP contribution in [0.2, 0.25) is 0 Å². The van der Waals surface area contributed by atoms with Gasteiger partial charge in [0.25, 0.3) is 0 Å². The third kappa shape index (κ3) is 4.77. The summed E-state index contributed by atoms with van der Waals surface area (Å²) in [6, 6.07) is 10.3. The summed E-state index contributed by atoms with van der Waals surface area (Å²) in [6.45, 7) is 5.37. The number of rotatable bonds is 3. The van der Waals surface area contributed by atoms with Gasteiger partial charge in [-0.15, -0.1) is 0 Å². The van der Waals surface area contributed by atoms with Crippen LogP contribution in [0.5, 0.6) is 0 Å². The van der Waals surface area contributed by atoms with Gasteiger partial charge >= 0.3 is 0 Å². The minimum absolute atomic E-state index is 0.479. The van der Waals surface area contributed by atoms with Crippen molar-refractivity contribution in [1.29, 1.82) is 5.26 Å². The van der Waals surface area contributed by atoms with Crippen molar-refractivity contribution in [1.82, 2.24) is 10.6 Å². The average Bonchev–Trinajstić information content (AvgIpc) is 2.53. The van der Waals surface area contributed by atoms with E-state index in [4.69, 9.17) is 5.26 Å². The molecule has 4 heteroatoms. The van der Waals surface area contributed by atoms with E-state index >= 15 is 0 Å². The molecule has 0 unspecified atom stereocenters. The highest BCUT2D eigenvalue weighted by Crippen LogP contribution is 2.34. The van der Waals surface area contributed by atoms with E-state index in [1.54, 1.807) is 7.05 Å². The molecule has 1 aromatic rings. The van der Waals surface area contributed by atoms with E-state index in [9.17, 15) is 0 Å². The summed E-state index contributed by atoms with van der Waals surface area (Å²) in [6.07, 6.45) is 4.90. The third-order valence-corrected chi connectivity index (χ3v) is 4.42. The van der Waals surface area contributed by atoms with Crippen molar-refractivity contribution >= 4 is 5.96 Å². The van der Waals surface area contributed by atoms with Gasteiger partial charge in [0.05, 0.1) is 11.6 Å². The van der Waals surface area contributed by atoms with Gasteiger partial charge in [-0.25, -0.2) is 0 Å². The maximum atomic E-state index is 8.94. The van der Waals surface area contributed by atoms with E-state index in [-0.39, 0.29) is 0 Å². The second-order valence-electron chi connectivity index (χ2n) is 6.82. The molecular formula is C18H26N4. The number of aliphatic imine (C=N–C) groups is 1. The van der Waals surface area contributed by atoms with Gasteiger partial charge in [-0.1, -0.05) is 26.0 Å². The molecule has 1 fully saturated rings. The van der Waals surface area contributed by atoms with E-state index < -0.39 is 0 Å². The second kappa shape index (κ2) is 7.31. The van der Waals surface area contributed by atoms with Gasteiger partial charge in [-0.05, 0) is 48.8 Å². The van der Waals surface area contributed by atoms with Crippen LogP contribution in [0.15, 0.2) is 29.3 Å². The standard InChI is InChI=1S/C18H26N4/c1-18(2)9-7-16(8-10-18)22-17(20-3)21-13-15-6-4-5-14(11-15)12-19/h4-6,11,16H,7-10,13H2,1-3H3,(H2,20,21,22). The molecule has 0 radical (unpaired) electrons. The highest BCUT2D eigenvalue weighted by Gasteiger charge is 2.27. The van der Waals surface area contributed by atoms with Crippen molar-refractivity contribution in [2.24, 2.45) is 10.4 Å². The fraction of sp³-hybridized carbons (Fsp3) is 0.556. The summed E-state index contributed by atoms with van der Waals surface area (Å²) < 4.78 is 0. The first-order chi connectivity index (χ1) is 10.5. The first kappa shape index (κ1) is 16.4. The van der Waals surface area contributed by atoms with Crippen LogP contribution in [0.4, 0.5) is 0 Å². The molecule has 0 heterocycles. The Kier molecular flexibility index (Phi) is 5.43. The van der Waals surface area contributed by atoms with E-state index in [2.05, 4.69) is 35.5 Å². The van der Waals surface area contributed by atoms with E-state index in [1.807, 2.05) is 24.3 Å². The van der Waals surface area contributed by atoms with Crippen LogP contribution >= 0.6 is 0 Å². The zero-order chi connectivity index (χ0) is 16.0. The zero-order valence-electron chi connectivity index (χ0n) is 13.8. The predicted molar refractivity (Wildman–Crippen MR) is 90.5 cm³/mol. The topological polar surface area (TPSA) is 60.2 Å². The Balaban J connectivity index is 1.84. The molecule has 0 atom stereocenters. The molecule has 22 heavy (non-hydrogen) atoms. The first-order valence-electron chi connectivity index (χ1n) is 7.99. The average molecular weight is 298 g/mol. The fourth-order valence-electron chi connectivity index (χ4n) is 2.87. The Morgan fingerprint density at radius 2 is 2.09 bits per heavy atom. The Morgan fingerprint density at radius 3 is 2.73 bits per heavy atom. The molecule has 1 aromatic carbocycles. The molecule has 118 valence electrons. The molecule has 0 aliphatic heterocycles. The number of guanidine groups is 1. The van der Waals surface area contributed by atoms with E-state index in [1.165, 1.54) is 25.7 Å². The maximum absolute atomic E-state index is 8.94. The van der Waals surface area contributed by atoms with Crippen molar-refractivity contribution in [2.75, 3.05) is 7.05 Å². The van der Waals surface area contributed by atoms with Crippen molar-refractivity contribution in [3.8, 4) is 6.07 Å². The maximum Gasteiger partial charge on any atom is 0.191 e. The monoisotopic (exact) mass is 298 g/mol. The molecule has 0 amide bonds. The second-order valence-corrected chi connectivity index (χ2v) is 6.82. The van der Waals surface area contributed by atoms with Crippen LogP contribution in [0.25, 0.3) is 0 Å². The number of nitrogens with one attached hydrogen (secondary N) is 2. The van der Waals surface area contributed by atoms with Gasteiger partial charge in [-0.3, -0.25) is 4.99 Å². The smallest absolute Gasteiger partial charge is 0.191 e. The first-order valence-corrected chi connectivity index (χ1v) is 7.99. The van der Waals surface area contributed by atoms with Gasteiger partial charge in [0.2, 0.25) is 0 Å². The number of hydrogen-bond acceptors (Lipinski definition) is 2. The Hall–Kier alpha value is -2.02. The Labute approximate surface area is 133 Å². The molecule has 0 aromatic heterocycles. The minimum atomic E-state index is 0.479. The van der Waals surface area contributed by atoms with Crippen LogP contribution in [0.3, 0.4) is 0 Å². The van der Waals surface area contributed by atoms with Gasteiger partial charge in [0.1, 0.15) is 0 Å². The molecule has 0 bridgehead atoms. The third-order valence-electron chi connectivity index (χ3n) is 4.42. The number of hydrogen-bond donors (Lipinski definition) is 2. The molecule has 2 N–H and O–H groups in total. The molecule has 0 saturated heterocycles. The van der Waals surface area contributed by atoms with Gasteiger partial charge < -0.3 is 10.6 Å². The van der Waals surface area contributed by atoms with Crippen LogP contribution in [0, 0.1) is 16.7 Å². The van der Waals surface area contributed by atoms with E-state index in [0.29, 0.717) is 23.6 Å². The minimum Gasteiger partial charge on any atom is -0.354 e. The summed E-state index contributed by atoms with van der Waals surface area (Å²) >= 11 is 0. The molecule has 1 saturated carbocycles. The van der Waals surface area contributed by atoms with Crippen molar-refractivity contribution in [3.05, 3.63) is 35.4 Å². The summed E-state index contributed by atoms with van der Waals surface area (Å²) in [5.74, 6) is 0.840. The molecule has 2 rings (SSSR count). The number of nitrogens with zero attached hydrogens (tertiary/aromatic N) is 2. The normalized spacial score (nSPS) is 18.5. The van der Waals surface area contributed by atoms with Crippen LogP contribution in [0.1, 0.15) is 50.7 Å². The lowest BCUT2D eigenvalue weighted by Crippen LogP contribution is -2.45. The molecule has 1 aliphatic rings. The summed E-state index contributed by atoms with van der Waals surface area (Å²) in [7, 11) is 1.80. The van der Waals surface area contributed by atoms with E-state index in [0.717, 1.165) is 11.5 Å². The lowest BCUT2D eigenvalue weighted by Gasteiger charge is -2.35. The summed E-state index contributed by atoms with van der Waals surface area (Å²) in [5, 5.41) is 15.8. The van der Waals surface area contributed by atoms with Crippen LogP contribution in [-0.4, -0.2) is 19.0 Å². The van der Waals surface area contributed by atoms with Crippen LogP contribution < -0.4 is 10.6 Å². The molecule has 0 spiro atoms.